The van der Waals surface area contributed by atoms with Gasteiger partial charge in [0.05, 0.1) is 12.9 Å². The van der Waals surface area contributed by atoms with Crippen LogP contribution >= 0.6 is 22.9 Å². The fourth-order valence-corrected chi connectivity index (χ4v) is 1.91. The molecule has 0 amide bonds. The molecule has 0 spiro atoms. The van der Waals surface area contributed by atoms with Crippen molar-refractivity contribution in [1.29, 1.82) is 0 Å². The summed E-state index contributed by atoms with van der Waals surface area (Å²) in [5.74, 6) is 0.411. The van der Waals surface area contributed by atoms with Gasteiger partial charge in [0.1, 0.15) is 5.02 Å². The number of halogens is 1. The van der Waals surface area contributed by atoms with Crippen LogP contribution in [0.5, 0.6) is 0 Å². The van der Waals surface area contributed by atoms with Crippen molar-refractivity contribution in [2.24, 2.45) is 0 Å². The SMILES string of the molecule is O=c1[nH]cnc(NCc2cccs2)c1Cl. The van der Waals surface area contributed by atoms with E-state index < -0.39 is 0 Å². The first-order chi connectivity index (χ1) is 7.27. The van der Waals surface area contributed by atoms with E-state index in [1.165, 1.54) is 6.33 Å². The van der Waals surface area contributed by atoms with E-state index in [1.807, 2.05) is 17.5 Å². The Hall–Kier alpha value is -1.33. The lowest BCUT2D eigenvalue weighted by Gasteiger charge is -2.04. The zero-order valence-electron chi connectivity index (χ0n) is 7.66. The Balaban J connectivity index is 2.12. The summed E-state index contributed by atoms with van der Waals surface area (Å²) >= 11 is 7.40. The molecule has 2 rings (SSSR count). The van der Waals surface area contributed by atoms with Gasteiger partial charge in [0.25, 0.3) is 5.56 Å². The number of aromatic nitrogens is 2. The average Bonchev–Trinajstić information content (AvgIpc) is 2.73. The minimum Gasteiger partial charge on any atom is -0.364 e. The molecule has 0 aliphatic carbocycles. The van der Waals surface area contributed by atoms with Gasteiger partial charge in [0, 0.05) is 4.88 Å². The Morgan fingerprint density at radius 3 is 3.20 bits per heavy atom. The summed E-state index contributed by atoms with van der Waals surface area (Å²) in [6, 6.07) is 3.97. The lowest BCUT2D eigenvalue weighted by atomic mass is 10.4. The summed E-state index contributed by atoms with van der Waals surface area (Å²) in [6.07, 6.45) is 1.32. The van der Waals surface area contributed by atoms with Crippen LogP contribution in [-0.4, -0.2) is 9.97 Å². The predicted octanol–water partition coefficient (Wildman–Crippen LogP) is 2.10. The minimum atomic E-state index is -0.333. The smallest absolute Gasteiger partial charge is 0.271 e. The highest BCUT2D eigenvalue weighted by Crippen LogP contribution is 2.15. The number of hydrogen-bond donors (Lipinski definition) is 2. The monoisotopic (exact) mass is 241 g/mol. The molecule has 0 unspecified atom stereocenters. The molecular formula is C9H8ClN3OS. The van der Waals surface area contributed by atoms with Gasteiger partial charge in [-0.1, -0.05) is 17.7 Å². The van der Waals surface area contributed by atoms with Gasteiger partial charge in [0.15, 0.2) is 5.82 Å². The standard InChI is InChI=1S/C9H8ClN3OS/c10-7-8(12-5-13-9(7)14)11-4-6-2-1-3-15-6/h1-3,5H,4H2,(H2,11,12,13,14). The normalized spacial score (nSPS) is 10.2. The third-order valence-corrected chi connectivity index (χ3v) is 3.03. The Morgan fingerprint density at radius 1 is 1.60 bits per heavy atom. The van der Waals surface area contributed by atoms with E-state index in [-0.39, 0.29) is 10.6 Å². The zero-order chi connectivity index (χ0) is 10.7. The van der Waals surface area contributed by atoms with Crippen molar-refractivity contribution in [3.05, 3.63) is 44.1 Å². The van der Waals surface area contributed by atoms with Crippen molar-refractivity contribution in [2.45, 2.75) is 6.54 Å². The summed E-state index contributed by atoms with van der Waals surface area (Å²) in [6.45, 7) is 0.619. The first-order valence-electron chi connectivity index (χ1n) is 4.27. The van der Waals surface area contributed by atoms with Gasteiger partial charge in [-0.15, -0.1) is 11.3 Å². The van der Waals surface area contributed by atoms with Crippen LogP contribution in [0.25, 0.3) is 0 Å². The van der Waals surface area contributed by atoms with Crippen LogP contribution < -0.4 is 10.9 Å². The molecule has 0 fully saturated rings. The molecule has 0 aromatic carbocycles. The lowest BCUT2D eigenvalue weighted by Crippen LogP contribution is -2.11. The maximum atomic E-state index is 11.1. The molecule has 2 heterocycles. The molecule has 6 heteroatoms. The molecule has 0 atom stereocenters. The highest BCUT2D eigenvalue weighted by Gasteiger charge is 2.04. The molecule has 15 heavy (non-hydrogen) atoms. The number of thiophene rings is 1. The van der Waals surface area contributed by atoms with Gasteiger partial charge in [-0.2, -0.15) is 0 Å². The topological polar surface area (TPSA) is 57.8 Å². The highest BCUT2D eigenvalue weighted by molar-refractivity contribution is 7.09. The second-order valence-corrected chi connectivity index (χ2v) is 4.24. The number of H-pyrrole nitrogens is 1. The summed E-state index contributed by atoms with van der Waals surface area (Å²) in [4.78, 5) is 18.6. The summed E-state index contributed by atoms with van der Waals surface area (Å²) < 4.78 is 0. The summed E-state index contributed by atoms with van der Waals surface area (Å²) in [7, 11) is 0. The van der Waals surface area contributed by atoms with Crippen LogP contribution in [0.2, 0.25) is 5.02 Å². The van der Waals surface area contributed by atoms with Crippen LogP contribution in [0.3, 0.4) is 0 Å². The number of nitrogens with one attached hydrogen (secondary N) is 2. The van der Waals surface area contributed by atoms with E-state index in [2.05, 4.69) is 15.3 Å². The fourth-order valence-electron chi connectivity index (χ4n) is 1.09. The Labute approximate surface area is 94.9 Å². The molecule has 4 nitrogen and oxygen atoms in total. The van der Waals surface area contributed by atoms with E-state index >= 15 is 0 Å². The summed E-state index contributed by atoms with van der Waals surface area (Å²) in [5, 5.41) is 5.09. The minimum absolute atomic E-state index is 0.0917. The first-order valence-corrected chi connectivity index (χ1v) is 5.52. The first kappa shape index (κ1) is 10.2. The maximum Gasteiger partial charge on any atom is 0.271 e. The molecule has 2 aromatic heterocycles. The van der Waals surface area contributed by atoms with E-state index in [0.29, 0.717) is 12.4 Å². The van der Waals surface area contributed by atoms with Crippen LogP contribution in [0.1, 0.15) is 4.88 Å². The fraction of sp³-hybridized carbons (Fsp3) is 0.111. The van der Waals surface area contributed by atoms with Crippen molar-refractivity contribution >= 4 is 28.8 Å². The largest absolute Gasteiger partial charge is 0.364 e. The number of anilines is 1. The van der Waals surface area contributed by atoms with Crippen molar-refractivity contribution < 1.29 is 0 Å². The number of nitrogens with zero attached hydrogens (tertiary/aromatic N) is 1. The molecule has 78 valence electrons. The maximum absolute atomic E-state index is 11.1. The van der Waals surface area contributed by atoms with Crippen molar-refractivity contribution in [2.75, 3.05) is 5.32 Å². The number of aromatic amines is 1. The van der Waals surface area contributed by atoms with E-state index in [9.17, 15) is 4.79 Å². The molecule has 0 radical (unpaired) electrons. The third kappa shape index (κ3) is 2.37. The quantitative estimate of drug-likeness (QED) is 0.865. The third-order valence-electron chi connectivity index (χ3n) is 1.81. The van der Waals surface area contributed by atoms with Gasteiger partial charge in [-0.3, -0.25) is 4.79 Å². The van der Waals surface area contributed by atoms with Crippen LogP contribution in [0, 0.1) is 0 Å². The molecule has 0 aliphatic rings. The second kappa shape index (κ2) is 4.46. The highest BCUT2D eigenvalue weighted by atomic mass is 35.5. The van der Waals surface area contributed by atoms with E-state index in [1.54, 1.807) is 11.3 Å². The van der Waals surface area contributed by atoms with Crippen LogP contribution in [0.15, 0.2) is 28.6 Å². The van der Waals surface area contributed by atoms with Gasteiger partial charge < -0.3 is 10.3 Å². The average molecular weight is 242 g/mol. The molecule has 0 saturated heterocycles. The molecular weight excluding hydrogens is 234 g/mol. The zero-order valence-corrected chi connectivity index (χ0v) is 9.23. The molecule has 0 bridgehead atoms. The molecule has 2 aromatic rings. The van der Waals surface area contributed by atoms with Crippen LogP contribution in [0.4, 0.5) is 5.82 Å². The predicted molar refractivity (Wildman–Crippen MR) is 61.5 cm³/mol. The van der Waals surface area contributed by atoms with E-state index in [0.717, 1.165) is 4.88 Å². The van der Waals surface area contributed by atoms with Gasteiger partial charge >= 0.3 is 0 Å². The second-order valence-electron chi connectivity index (χ2n) is 2.83. The molecule has 0 saturated carbocycles. The van der Waals surface area contributed by atoms with Gasteiger partial charge in [0.2, 0.25) is 0 Å². The van der Waals surface area contributed by atoms with Crippen molar-refractivity contribution in [1.82, 2.24) is 9.97 Å². The van der Waals surface area contributed by atoms with Gasteiger partial charge in [-0.25, -0.2) is 4.98 Å². The Kier molecular flexibility index (Phi) is 3.03. The number of rotatable bonds is 3. The van der Waals surface area contributed by atoms with Crippen LogP contribution in [-0.2, 0) is 6.54 Å². The Morgan fingerprint density at radius 2 is 2.47 bits per heavy atom. The van der Waals surface area contributed by atoms with Gasteiger partial charge in [-0.05, 0) is 11.4 Å². The van der Waals surface area contributed by atoms with Crippen molar-refractivity contribution in [3.8, 4) is 0 Å². The van der Waals surface area contributed by atoms with Crippen molar-refractivity contribution in [3.63, 3.8) is 0 Å². The Bertz CT molecular complexity index is 494. The van der Waals surface area contributed by atoms with E-state index in [4.69, 9.17) is 11.6 Å². The molecule has 0 aliphatic heterocycles. The lowest BCUT2D eigenvalue weighted by molar-refractivity contribution is 1.07. The molecule has 2 N–H and O–H groups in total. The summed E-state index contributed by atoms with van der Waals surface area (Å²) in [5.41, 5.74) is -0.333. The number of hydrogen-bond acceptors (Lipinski definition) is 4.